The van der Waals surface area contributed by atoms with Gasteiger partial charge in [0.2, 0.25) is 0 Å². The molecule has 0 aromatic heterocycles. The van der Waals surface area contributed by atoms with Crippen LogP contribution in [0.3, 0.4) is 0 Å². The van der Waals surface area contributed by atoms with Crippen molar-refractivity contribution in [3.05, 3.63) is 35.6 Å². The predicted molar refractivity (Wildman–Crippen MR) is 91.0 cm³/mol. The first-order valence-electron chi connectivity index (χ1n) is 7.96. The molecule has 1 atom stereocenters. The maximum atomic E-state index is 13.7. The lowest BCUT2D eigenvalue weighted by Crippen LogP contribution is -2.53. The summed E-state index contributed by atoms with van der Waals surface area (Å²) in [7, 11) is 0. The minimum Gasteiger partial charge on any atom is -0.444 e. The molecule has 1 rings (SSSR count). The van der Waals surface area contributed by atoms with E-state index in [1.807, 2.05) is 47.6 Å². The predicted octanol–water partition coefficient (Wildman–Crippen LogP) is 3.65. The number of rotatable bonds is 6. The second-order valence-electron chi connectivity index (χ2n) is 7.59. The molecule has 0 radical (unpaired) electrons. The van der Waals surface area contributed by atoms with E-state index in [1.54, 1.807) is 12.1 Å². The number of ether oxygens (including phenoxy) is 1. The molecule has 1 unspecified atom stereocenters. The Balaban J connectivity index is 2.46. The molecule has 1 amide bonds. The van der Waals surface area contributed by atoms with Gasteiger partial charge in [-0.25, -0.2) is 9.18 Å². The topological polar surface area (TPSA) is 50.4 Å². The van der Waals surface area contributed by atoms with Crippen LogP contribution in [0.15, 0.2) is 24.3 Å². The van der Waals surface area contributed by atoms with Crippen molar-refractivity contribution >= 4 is 6.09 Å². The number of carbonyl (C=O) groups is 1. The minimum atomic E-state index is -0.522. The molecular weight excluding hydrogens is 295 g/mol. The molecule has 130 valence electrons. The molecule has 0 spiro atoms. The summed E-state index contributed by atoms with van der Waals surface area (Å²) in [5.41, 5.74) is -0.303. The molecule has 0 bridgehead atoms. The third kappa shape index (κ3) is 7.98. The van der Waals surface area contributed by atoms with E-state index in [0.717, 1.165) is 0 Å². The highest BCUT2D eigenvalue weighted by Crippen LogP contribution is 2.11. The second kappa shape index (κ2) is 7.77. The maximum Gasteiger partial charge on any atom is 0.408 e. The number of hydrogen-bond donors (Lipinski definition) is 2. The third-order valence-electron chi connectivity index (χ3n) is 3.22. The quantitative estimate of drug-likeness (QED) is 0.840. The van der Waals surface area contributed by atoms with Crippen LogP contribution in [0.1, 0.15) is 47.1 Å². The first-order chi connectivity index (χ1) is 10.5. The molecule has 0 saturated carbocycles. The van der Waals surface area contributed by atoms with Gasteiger partial charge in [0.25, 0.3) is 0 Å². The fourth-order valence-corrected chi connectivity index (χ4v) is 2.12. The third-order valence-corrected chi connectivity index (χ3v) is 3.22. The van der Waals surface area contributed by atoms with Crippen molar-refractivity contribution in [2.24, 2.45) is 0 Å². The largest absolute Gasteiger partial charge is 0.444 e. The highest BCUT2D eigenvalue weighted by Gasteiger charge is 2.24. The molecule has 23 heavy (non-hydrogen) atoms. The fraction of sp³-hybridized carbons (Fsp3) is 0.611. The van der Waals surface area contributed by atoms with Crippen LogP contribution in [0, 0.1) is 5.82 Å². The van der Waals surface area contributed by atoms with Gasteiger partial charge < -0.3 is 15.4 Å². The zero-order valence-corrected chi connectivity index (χ0v) is 15.0. The van der Waals surface area contributed by atoms with Gasteiger partial charge in [-0.3, -0.25) is 0 Å². The van der Waals surface area contributed by atoms with Gasteiger partial charge in [-0.15, -0.1) is 0 Å². The molecule has 0 heterocycles. The van der Waals surface area contributed by atoms with Crippen LogP contribution in [0.25, 0.3) is 0 Å². The van der Waals surface area contributed by atoms with Crippen LogP contribution in [-0.4, -0.2) is 29.8 Å². The molecule has 5 heteroatoms. The van der Waals surface area contributed by atoms with Crippen molar-refractivity contribution in [1.82, 2.24) is 10.6 Å². The van der Waals surface area contributed by atoms with Gasteiger partial charge in [0.15, 0.2) is 0 Å². The molecule has 4 nitrogen and oxygen atoms in total. The smallest absolute Gasteiger partial charge is 0.408 e. The standard InChI is InChI=1S/C18H29FN2O2/c1-13(11-14-9-7-8-10-15(14)19)20-12-18(5,6)21-16(22)23-17(2,3)4/h7-10,13,20H,11-12H2,1-6H3,(H,21,22). The number of benzene rings is 1. The SMILES string of the molecule is CC(Cc1ccccc1F)NCC(C)(C)NC(=O)OC(C)(C)C. The van der Waals surface area contributed by atoms with Crippen molar-refractivity contribution < 1.29 is 13.9 Å². The van der Waals surface area contributed by atoms with E-state index >= 15 is 0 Å². The van der Waals surface area contributed by atoms with Crippen LogP contribution in [0.4, 0.5) is 9.18 Å². The Morgan fingerprint density at radius 3 is 2.39 bits per heavy atom. The Labute approximate surface area is 138 Å². The number of carbonyl (C=O) groups excluding carboxylic acids is 1. The van der Waals surface area contributed by atoms with Gasteiger partial charge in [-0.1, -0.05) is 18.2 Å². The van der Waals surface area contributed by atoms with Gasteiger partial charge in [0.05, 0.1) is 5.54 Å². The average molecular weight is 324 g/mol. The van der Waals surface area contributed by atoms with Crippen molar-refractivity contribution in [1.29, 1.82) is 0 Å². The number of nitrogens with one attached hydrogen (secondary N) is 2. The number of halogens is 1. The van der Waals surface area contributed by atoms with Crippen molar-refractivity contribution in [3.8, 4) is 0 Å². The lowest BCUT2D eigenvalue weighted by atomic mass is 10.0. The highest BCUT2D eigenvalue weighted by atomic mass is 19.1. The van der Waals surface area contributed by atoms with E-state index in [4.69, 9.17) is 4.74 Å². The second-order valence-corrected chi connectivity index (χ2v) is 7.59. The maximum absolute atomic E-state index is 13.7. The van der Waals surface area contributed by atoms with Gasteiger partial charge >= 0.3 is 6.09 Å². The fourth-order valence-electron chi connectivity index (χ4n) is 2.12. The molecule has 0 aliphatic heterocycles. The molecule has 1 aromatic carbocycles. The number of amides is 1. The van der Waals surface area contributed by atoms with Gasteiger partial charge in [0.1, 0.15) is 11.4 Å². The highest BCUT2D eigenvalue weighted by molar-refractivity contribution is 5.68. The van der Waals surface area contributed by atoms with Crippen LogP contribution in [0.2, 0.25) is 0 Å². The summed E-state index contributed by atoms with van der Waals surface area (Å²) in [5, 5.41) is 6.18. The number of hydrogen-bond acceptors (Lipinski definition) is 3. The number of alkyl carbamates (subject to hydrolysis) is 1. The van der Waals surface area contributed by atoms with Crippen LogP contribution < -0.4 is 10.6 Å². The molecule has 1 aromatic rings. The zero-order valence-electron chi connectivity index (χ0n) is 15.0. The Morgan fingerprint density at radius 1 is 1.22 bits per heavy atom. The Bertz CT molecular complexity index is 524. The van der Waals surface area contributed by atoms with Gasteiger partial charge in [0, 0.05) is 12.6 Å². The van der Waals surface area contributed by atoms with Crippen LogP contribution in [0.5, 0.6) is 0 Å². The average Bonchev–Trinajstić information content (AvgIpc) is 2.36. The van der Waals surface area contributed by atoms with E-state index in [1.165, 1.54) is 6.07 Å². The summed E-state index contributed by atoms with van der Waals surface area (Å²) in [6.07, 6.45) is 0.154. The van der Waals surface area contributed by atoms with E-state index < -0.39 is 17.2 Å². The molecule has 2 N–H and O–H groups in total. The summed E-state index contributed by atoms with van der Waals surface area (Å²) in [6, 6.07) is 6.86. The monoisotopic (exact) mass is 324 g/mol. The van der Waals surface area contributed by atoms with Crippen molar-refractivity contribution in [2.75, 3.05) is 6.54 Å². The van der Waals surface area contributed by atoms with E-state index in [2.05, 4.69) is 10.6 Å². The summed E-state index contributed by atoms with van der Waals surface area (Å²) >= 11 is 0. The van der Waals surface area contributed by atoms with Crippen LogP contribution in [-0.2, 0) is 11.2 Å². The van der Waals surface area contributed by atoms with Gasteiger partial charge in [-0.2, -0.15) is 0 Å². The molecular formula is C18H29FN2O2. The normalized spacial score (nSPS) is 13.5. The molecule has 0 aliphatic rings. The first kappa shape index (κ1) is 19.4. The van der Waals surface area contributed by atoms with Crippen LogP contribution >= 0.6 is 0 Å². The Hall–Kier alpha value is -1.62. The minimum absolute atomic E-state index is 0.0895. The van der Waals surface area contributed by atoms with E-state index in [0.29, 0.717) is 18.5 Å². The summed E-state index contributed by atoms with van der Waals surface area (Å²) in [6.45, 7) is 11.9. The van der Waals surface area contributed by atoms with E-state index in [9.17, 15) is 9.18 Å². The van der Waals surface area contributed by atoms with Gasteiger partial charge in [-0.05, 0) is 59.6 Å². The Kier molecular flexibility index (Phi) is 6.57. The zero-order chi connectivity index (χ0) is 17.7. The Morgan fingerprint density at radius 2 is 1.83 bits per heavy atom. The molecule has 0 fully saturated rings. The lowest BCUT2D eigenvalue weighted by Gasteiger charge is -2.30. The summed E-state index contributed by atoms with van der Waals surface area (Å²) in [4.78, 5) is 11.8. The molecule has 0 aliphatic carbocycles. The van der Waals surface area contributed by atoms with Crippen molar-refractivity contribution in [2.45, 2.75) is 65.1 Å². The molecule has 0 saturated heterocycles. The van der Waals surface area contributed by atoms with E-state index in [-0.39, 0.29) is 11.9 Å². The first-order valence-corrected chi connectivity index (χ1v) is 7.96. The lowest BCUT2D eigenvalue weighted by molar-refractivity contribution is 0.0471. The van der Waals surface area contributed by atoms with Crippen molar-refractivity contribution in [3.63, 3.8) is 0 Å². The summed E-state index contributed by atoms with van der Waals surface area (Å²) < 4.78 is 18.9. The summed E-state index contributed by atoms with van der Waals surface area (Å²) in [5.74, 6) is -0.188.